The summed E-state index contributed by atoms with van der Waals surface area (Å²) >= 11 is 0. The van der Waals surface area contributed by atoms with Gasteiger partial charge in [-0.05, 0) is 30.7 Å². The summed E-state index contributed by atoms with van der Waals surface area (Å²) in [5.74, 6) is 0.917. The van der Waals surface area contributed by atoms with Crippen LogP contribution in [0.15, 0.2) is 24.3 Å². The van der Waals surface area contributed by atoms with E-state index in [4.69, 9.17) is 14.2 Å². The second-order valence-corrected chi connectivity index (χ2v) is 5.12. The van der Waals surface area contributed by atoms with Crippen LogP contribution in [-0.2, 0) is 9.47 Å². The number of methoxy groups -OCH3 is 2. The maximum absolute atomic E-state index is 5.75. The van der Waals surface area contributed by atoms with Gasteiger partial charge in [-0.1, -0.05) is 0 Å². The molecule has 5 heteroatoms. The highest BCUT2D eigenvalue weighted by molar-refractivity contribution is 5.49. The molecule has 1 saturated heterocycles. The quantitative estimate of drug-likeness (QED) is 0.586. The van der Waals surface area contributed by atoms with E-state index in [0.717, 1.165) is 44.8 Å². The summed E-state index contributed by atoms with van der Waals surface area (Å²) in [6.07, 6.45) is 1.61. The number of benzene rings is 1. The monoisotopic (exact) mass is 294 g/mol. The minimum atomic E-state index is -0.135. The van der Waals surface area contributed by atoms with E-state index < -0.39 is 0 Å². The normalized spacial score (nSPS) is 15.5. The van der Waals surface area contributed by atoms with Gasteiger partial charge in [0.25, 0.3) is 0 Å². The Balaban J connectivity index is 1.72. The highest BCUT2D eigenvalue weighted by atomic mass is 16.7. The molecule has 2 rings (SSSR count). The van der Waals surface area contributed by atoms with Crippen molar-refractivity contribution in [3.63, 3.8) is 0 Å². The molecular formula is C16H26N2O3. The van der Waals surface area contributed by atoms with Gasteiger partial charge < -0.3 is 24.4 Å². The lowest BCUT2D eigenvalue weighted by atomic mass is 10.2. The average molecular weight is 294 g/mol. The van der Waals surface area contributed by atoms with E-state index in [2.05, 4.69) is 22.3 Å². The van der Waals surface area contributed by atoms with Crippen LogP contribution in [0.2, 0.25) is 0 Å². The van der Waals surface area contributed by atoms with Crippen molar-refractivity contribution in [2.45, 2.75) is 19.1 Å². The maximum Gasteiger partial charge on any atom is 0.156 e. The van der Waals surface area contributed by atoms with Crippen molar-refractivity contribution in [2.24, 2.45) is 0 Å². The van der Waals surface area contributed by atoms with Crippen LogP contribution in [0.3, 0.4) is 0 Å². The fourth-order valence-corrected chi connectivity index (χ4v) is 2.45. The van der Waals surface area contributed by atoms with Crippen molar-refractivity contribution in [1.82, 2.24) is 5.32 Å². The standard InChI is InChI=1S/C16H26N2O3/c1-19-16(20-2)4-3-13-21-15-7-5-14(6-8-15)18-11-9-17-10-12-18/h5-8,16-17H,3-4,9-13H2,1-2H3. The third kappa shape index (κ3) is 5.19. The zero-order chi connectivity index (χ0) is 14.9. The van der Waals surface area contributed by atoms with E-state index in [9.17, 15) is 0 Å². The summed E-state index contributed by atoms with van der Waals surface area (Å²) in [7, 11) is 3.31. The first-order chi connectivity index (χ1) is 10.3. The molecule has 21 heavy (non-hydrogen) atoms. The van der Waals surface area contributed by atoms with Gasteiger partial charge >= 0.3 is 0 Å². The van der Waals surface area contributed by atoms with Gasteiger partial charge in [0.2, 0.25) is 0 Å². The van der Waals surface area contributed by atoms with E-state index in [1.54, 1.807) is 14.2 Å². The molecule has 0 radical (unpaired) electrons. The summed E-state index contributed by atoms with van der Waals surface area (Å²) in [4.78, 5) is 2.39. The van der Waals surface area contributed by atoms with E-state index in [0.29, 0.717) is 6.61 Å². The zero-order valence-electron chi connectivity index (χ0n) is 13.0. The smallest absolute Gasteiger partial charge is 0.156 e. The van der Waals surface area contributed by atoms with Crippen molar-refractivity contribution < 1.29 is 14.2 Å². The molecular weight excluding hydrogens is 268 g/mol. The summed E-state index contributed by atoms with van der Waals surface area (Å²) in [5.41, 5.74) is 1.27. The van der Waals surface area contributed by atoms with Crippen LogP contribution in [0.1, 0.15) is 12.8 Å². The fraction of sp³-hybridized carbons (Fsp3) is 0.625. The number of nitrogens with zero attached hydrogens (tertiary/aromatic N) is 1. The van der Waals surface area contributed by atoms with Crippen LogP contribution in [0.5, 0.6) is 5.75 Å². The van der Waals surface area contributed by atoms with Crippen LogP contribution in [0.25, 0.3) is 0 Å². The third-order valence-electron chi connectivity index (χ3n) is 3.70. The van der Waals surface area contributed by atoms with Crippen LogP contribution in [-0.4, -0.2) is 53.3 Å². The minimum absolute atomic E-state index is 0.135. The van der Waals surface area contributed by atoms with Crippen molar-refractivity contribution in [1.29, 1.82) is 0 Å². The minimum Gasteiger partial charge on any atom is -0.494 e. The molecule has 1 fully saturated rings. The van der Waals surface area contributed by atoms with Gasteiger partial charge in [0.05, 0.1) is 6.61 Å². The molecule has 118 valence electrons. The molecule has 1 N–H and O–H groups in total. The molecule has 1 aromatic carbocycles. The highest BCUT2D eigenvalue weighted by Gasteiger charge is 2.10. The second-order valence-electron chi connectivity index (χ2n) is 5.12. The van der Waals surface area contributed by atoms with E-state index in [1.807, 2.05) is 12.1 Å². The van der Waals surface area contributed by atoms with Crippen molar-refractivity contribution in [2.75, 3.05) is 51.9 Å². The molecule has 5 nitrogen and oxygen atoms in total. The van der Waals surface area contributed by atoms with Crippen molar-refractivity contribution >= 4 is 5.69 Å². The van der Waals surface area contributed by atoms with Gasteiger partial charge in [0.1, 0.15) is 5.75 Å². The van der Waals surface area contributed by atoms with Crippen LogP contribution >= 0.6 is 0 Å². The van der Waals surface area contributed by atoms with Gasteiger partial charge in [-0.25, -0.2) is 0 Å². The van der Waals surface area contributed by atoms with Crippen LogP contribution < -0.4 is 15.0 Å². The number of hydrogen-bond acceptors (Lipinski definition) is 5. The first kappa shape index (κ1) is 16.1. The highest BCUT2D eigenvalue weighted by Crippen LogP contribution is 2.20. The van der Waals surface area contributed by atoms with Gasteiger partial charge in [0.15, 0.2) is 6.29 Å². The predicted molar refractivity (Wildman–Crippen MR) is 84.1 cm³/mol. The SMILES string of the molecule is COC(CCCOc1ccc(N2CCNCC2)cc1)OC. The van der Waals surface area contributed by atoms with Crippen molar-refractivity contribution in [3.8, 4) is 5.75 Å². The third-order valence-corrected chi connectivity index (χ3v) is 3.70. The number of nitrogens with one attached hydrogen (secondary N) is 1. The van der Waals surface area contributed by atoms with Gasteiger partial charge in [-0.15, -0.1) is 0 Å². The summed E-state index contributed by atoms with van der Waals surface area (Å²) in [5, 5.41) is 3.36. The predicted octanol–water partition coefficient (Wildman–Crippen LogP) is 1.87. The first-order valence-corrected chi connectivity index (χ1v) is 7.57. The molecule has 1 aliphatic heterocycles. The molecule has 0 saturated carbocycles. The molecule has 0 spiro atoms. The van der Waals surface area contributed by atoms with Crippen molar-refractivity contribution in [3.05, 3.63) is 24.3 Å². The fourth-order valence-electron chi connectivity index (χ4n) is 2.45. The number of ether oxygens (including phenoxy) is 3. The Kier molecular flexibility index (Phi) is 6.79. The molecule has 0 atom stereocenters. The molecule has 0 amide bonds. The number of anilines is 1. The Morgan fingerprint density at radius 3 is 2.38 bits per heavy atom. The van der Waals surface area contributed by atoms with E-state index in [-0.39, 0.29) is 6.29 Å². The molecule has 0 aliphatic carbocycles. The van der Waals surface area contributed by atoms with E-state index >= 15 is 0 Å². The average Bonchev–Trinajstić information content (AvgIpc) is 2.56. The molecule has 1 aliphatic rings. The summed E-state index contributed by atoms with van der Waals surface area (Å²) in [6.45, 7) is 4.91. The second kappa shape index (κ2) is 8.87. The first-order valence-electron chi connectivity index (χ1n) is 7.57. The molecule has 0 bridgehead atoms. The Labute approximate surface area is 127 Å². The van der Waals surface area contributed by atoms with Crippen LogP contribution in [0, 0.1) is 0 Å². The Hall–Kier alpha value is -1.30. The summed E-state index contributed by atoms with van der Waals surface area (Å²) < 4.78 is 16.0. The van der Waals surface area contributed by atoms with E-state index in [1.165, 1.54) is 5.69 Å². The summed E-state index contributed by atoms with van der Waals surface area (Å²) in [6, 6.07) is 8.35. The van der Waals surface area contributed by atoms with Gasteiger partial charge in [-0.3, -0.25) is 0 Å². The topological polar surface area (TPSA) is 43.0 Å². The van der Waals surface area contributed by atoms with Gasteiger partial charge in [-0.2, -0.15) is 0 Å². The Morgan fingerprint density at radius 1 is 1.10 bits per heavy atom. The van der Waals surface area contributed by atoms with Gasteiger partial charge in [0, 0.05) is 52.5 Å². The zero-order valence-corrected chi connectivity index (χ0v) is 13.0. The molecule has 0 aromatic heterocycles. The Bertz CT molecular complexity index is 387. The number of piperazine rings is 1. The lowest BCUT2D eigenvalue weighted by Gasteiger charge is -2.29. The number of rotatable bonds is 8. The lowest BCUT2D eigenvalue weighted by molar-refractivity contribution is -0.107. The Morgan fingerprint density at radius 2 is 1.76 bits per heavy atom. The molecule has 1 aromatic rings. The largest absolute Gasteiger partial charge is 0.494 e. The van der Waals surface area contributed by atoms with Crippen LogP contribution in [0.4, 0.5) is 5.69 Å². The molecule has 0 unspecified atom stereocenters. The number of hydrogen-bond donors (Lipinski definition) is 1. The lowest BCUT2D eigenvalue weighted by Crippen LogP contribution is -2.43. The molecule has 1 heterocycles. The maximum atomic E-state index is 5.75.